The second-order valence-corrected chi connectivity index (χ2v) is 8.67. The summed E-state index contributed by atoms with van der Waals surface area (Å²) in [5.41, 5.74) is 2.10. The molecule has 162 valence electrons. The van der Waals surface area contributed by atoms with Crippen LogP contribution in [0.25, 0.3) is 0 Å². The number of aliphatic hydroxyl groups is 1. The fourth-order valence-electron chi connectivity index (χ4n) is 5.30. The van der Waals surface area contributed by atoms with Gasteiger partial charge in [0.05, 0.1) is 17.6 Å². The number of aliphatic hydroxyl groups excluding tert-OH is 1. The summed E-state index contributed by atoms with van der Waals surface area (Å²) in [7, 11) is 1.51. The van der Waals surface area contributed by atoms with Gasteiger partial charge in [-0.1, -0.05) is 30.3 Å². The average molecular weight is 424 g/mol. The molecule has 3 aliphatic rings. The Bertz CT molecular complexity index is 1020. The molecule has 1 heterocycles. The van der Waals surface area contributed by atoms with Crippen LogP contribution in [-0.2, 0) is 0 Å². The van der Waals surface area contributed by atoms with Crippen LogP contribution in [0.2, 0.25) is 0 Å². The summed E-state index contributed by atoms with van der Waals surface area (Å²) in [5.74, 6) is -0.0844. The number of rotatable bonds is 5. The lowest BCUT2D eigenvalue weighted by Gasteiger charge is -2.16. The number of hydrogen-bond donors (Lipinski definition) is 3. The van der Waals surface area contributed by atoms with Gasteiger partial charge in [0.2, 0.25) is 0 Å². The molecule has 7 heteroatoms. The molecule has 1 aliphatic heterocycles. The summed E-state index contributed by atoms with van der Waals surface area (Å²) in [6.45, 7) is -0.712. The van der Waals surface area contributed by atoms with E-state index in [-0.39, 0.29) is 29.5 Å². The zero-order chi connectivity index (χ0) is 21.7. The molecule has 0 unspecified atom stereocenters. The quantitative estimate of drug-likeness (QED) is 0.688. The van der Waals surface area contributed by atoms with Gasteiger partial charge >= 0.3 is 0 Å². The SMILES string of the molecule is CNC(=O)c1cc(C(=O)N[C@H]2[C@@H]3C[C@H](O)C[C@@H]32)cc2c1O[C@H](CF)[C@H]2c1ccccc1. The molecule has 2 aliphatic carbocycles. The molecule has 31 heavy (non-hydrogen) atoms. The highest BCUT2D eigenvalue weighted by atomic mass is 19.1. The van der Waals surface area contributed by atoms with E-state index in [0.717, 1.165) is 5.56 Å². The third kappa shape index (κ3) is 3.37. The van der Waals surface area contributed by atoms with Crippen molar-refractivity contribution in [1.82, 2.24) is 10.6 Å². The van der Waals surface area contributed by atoms with E-state index in [9.17, 15) is 19.1 Å². The standard InChI is InChI=1S/C24H25FN2O4/c1-26-24(30)18-8-13(23(29)27-21-15-9-14(28)10-16(15)21)7-17-20(12-5-3-2-4-6-12)19(11-25)31-22(17)18/h2-8,14-16,19-21,28H,9-11H2,1H3,(H,26,30)(H,27,29)/t14-,15+,16-,19-,20+,21-/m1/s1. The molecule has 0 aromatic heterocycles. The van der Waals surface area contributed by atoms with Gasteiger partial charge in [-0.15, -0.1) is 0 Å². The largest absolute Gasteiger partial charge is 0.486 e. The molecule has 6 nitrogen and oxygen atoms in total. The number of benzene rings is 2. The van der Waals surface area contributed by atoms with E-state index in [1.165, 1.54) is 13.1 Å². The summed E-state index contributed by atoms with van der Waals surface area (Å²) in [5, 5.41) is 15.3. The van der Waals surface area contributed by atoms with E-state index in [4.69, 9.17) is 4.74 Å². The molecule has 2 saturated carbocycles. The Balaban J connectivity index is 1.51. The average Bonchev–Trinajstić information content (AvgIpc) is 3.12. The van der Waals surface area contributed by atoms with Crippen molar-refractivity contribution < 1.29 is 23.8 Å². The number of hydrogen-bond acceptors (Lipinski definition) is 4. The molecule has 6 atom stereocenters. The highest BCUT2D eigenvalue weighted by Crippen LogP contribution is 2.52. The zero-order valence-electron chi connectivity index (χ0n) is 17.2. The number of alkyl halides is 1. The van der Waals surface area contributed by atoms with Gasteiger partial charge in [-0.3, -0.25) is 9.59 Å². The molecule has 5 rings (SSSR count). The molecule has 0 saturated heterocycles. The smallest absolute Gasteiger partial charge is 0.254 e. The summed E-state index contributed by atoms with van der Waals surface area (Å²) in [6.07, 6.45) is 0.393. The predicted octanol–water partition coefficient (Wildman–Crippen LogP) is 2.41. The Morgan fingerprint density at radius 3 is 2.48 bits per heavy atom. The first kappa shape index (κ1) is 20.0. The van der Waals surface area contributed by atoms with E-state index >= 15 is 0 Å². The van der Waals surface area contributed by atoms with Crippen LogP contribution in [0.1, 0.15) is 50.6 Å². The Morgan fingerprint density at radius 2 is 1.84 bits per heavy atom. The van der Waals surface area contributed by atoms with Gasteiger partial charge in [0, 0.05) is 24.2 Å². The maximum atomic E-state index is 13.9. The van der Waals surface area contributed by atoms with Crippen molar-refractivity contribution in [2.45, 2.75) is 37.0 Å². The van der Waals surface area contributed by atoms with Crippen LogP contribution in [0, 0.1) is 11.8 Å². The molecular formula is C24H25FN2O4. The van der Waals surface area contributed by atoms with Crippen LogP contribution in [0.15, 0.2) is 42.5 Å². The van der Waals surface area contributed by atoms with Gasteiger partial charge in [-0.25, -0.2) is 4.39 Å². The molecule has 2 aromatic carbocycles. The fraction of sp³-hybridized carbons (Fsp3) is 0.417. The first-order valence-corrected chi connectivity index (χ1v) is 10.7. The van der Waals surface area contributed by atoms with Crippen molar-refractivity contribution in [3.05, 3.63) is 64.7 Å². The minimum atomic E-state index is -0.761. The van der Waals surface area contributed by atoms with Crippen LogP contribution >= 0.6 is 0 Å². The summed E-state index contributed by atoms with van der Waals surface area (Å²) < 4.78 is 19.8. The number of nitrogens with one attached hydrogen (secondary N) is 2. The first-order valence-electron chi connectivity index (χ1n) is 10.7. The molecular weight excluding hydrogens is 399 g/mol. The van der Waals surface area contributed by atoms with E-state index < -0.39 is 18.7 Å². The first-order chi connectivity index (χ1) is 15.0. The van der Waals surface area contributed by atoms with Gasteiger partial charge < -0.3 is 20.5 Å². The predicted molar refractivity (Wildman–Crippen MR) is 112 cm³/mol. The molecule has 0 radical (unpaired) electrons. The molecule has 3 N–H and O–H groups in total. The van der Waals surface area contributed by atoms with Crippen molar-refractivity contribution >= 4 is 11.8 Å². The van der Waals surface area contributed by atoms with Crippen LogP contribution in [0.4, 0.5) is 4.39 Å². The third-order valence-corrected chi connectivity index (χ3v) is 6.86. The Morgan fingerprint density at radius 1 is 1.13 bits per heavy atom. The number of amides is 2. The second-order valence-electron chi connectivity index (χ2n) is 8.67. The maximum absolute atomic E-state index is 13.9. The number of ether oxygens (including phenoxy) is 1. The second kappa shape index (κ2) is 7.64. The van der Waals surface area contributed by atoms with Crippen LogP contribution in [0.5, 0.6) is 5.75 Å². The minimum Gasteiger partial charge on any atom is -0.486 e. The fourth-order valence-corrected chi connectivity index (χ4v) is 5.30. The maximum Gasteiger partial charge on any atom is 0.254 e. The topological polar surface area (TPSA) is 87.7 Å². The molecule has 0 spiro atoms. The monoisotopic (exact) mass is 424 g/mol. The van der Waals surface area contributed by atoms with Gasteiger partial charge in [-0.05, 0) is 42.4 Å². The van der Waals surface area contributed by atoms with Gasteiger partial charge in [0.1, 0.15) is 18.5 Å². The van der Waals surface area contributed by atoms with E-state index in [1.807, 2.05) is 30.3 Å². The Labute approximate surface area is 179 Å². The van der Waals surface area contributed by atoms with Crippen LogP contribution in [-0.4, -0.2) is 48.9 Å². The van der Waals surface area contributed by atoms with Crippen molar-refractivity contribution in [1.29, 1.82) is 0 Å². The van der Waals surface area contributed by atoms with Crippen molar-refractivity contribution in [3.8, 4) is 5.75 Å². The summed E-state index contributed by atoms with van der Waals surface area (Å²) in [4.78, 5) is 25.6. The lowest BCUT2D eigenvalue weighted by molar-refractivity contribution is 0.0937. The van der Waals surface area contributed by atoms with Crippen molar-refractivity contribution in [3.63, 3.8) is 0 Å². The number of carbonyl (C=O) groups excluding carboxylic acids is 2. The van der Waals surface area contributed by atoms with E-state index in [1.54, 1.807) is 6.07 Å². The van der Waals surface area contributed by atoms with Gasteiger partial charge in [0.25, 0.3) is 11.8 Å². The minimum absolute atomic E-state index is 0.0624. The summed E-state index contributed by atoms with van der Waals surface area (Å²) >= 11 is 0. The van der Waals surface area contributed by atoms with Gasteiger partial charge in [-0.2, -0.15) is 0 Å². The van der Waals surface area contributed by atoms with Crippen molar-refractivity contribution in [2.24, 2.45) is 11.8 Å². The number of carbonyl (C=O) groups is 2. The summed E-state index contributed by atoms with van der Waals surface area (Å²) in [6, 6.07) is 12.7. The number of halogens is 1. The van der Waals surface area contributed by atoms with Crippen molar-refractivity contribution in [2.75, 3.05) is 13.7 Å². The van der Waals surface area contributed by atoms with Gasteiger partial charge in [0.15, 0.2) is 0 Å². The Hall–Kier alpha value is -2.93. The number of fused-ring (bicyclic) bond motifs is 2. The van der Waals surface area contributed by atoms with E-state index in [0.29, 0.717) is 41.6 Å². The zero-order valence-corrected chi connectivity index (χ0v) is 17.2. The molecule has 0 bridgehead atoms. The highest BCUT2D eigenvalue weighted by Gasteiger charge is 2.56. The Kier molecular flexibility index (Phi) is 4.93. The molecule has 2 amide bonds. The van der Waals surface area contributed by atoms with E-state index in [2.05, 4.69) is 10.6 Å². The lowest BCUT2D eigenvalue weighted by Crippen LogP contribution is -2.30. The highest BCUT2D eigenvalue weighted by molar-refractivity contribution is 6.02. The molecule has 2 fully saturated rings. The van der Waals surface area contributed by atoms with Crippen LogP contribution in [0.3, 0.4) is 0 Å². The lowest BCUT2D eigenvalue weighted by atomic mass is 9.86. The third-order valence-electron chi connectivity index (χ3n) is 6.86. The molecule has 2 aromatic rings. The van der Waals surface area contributed by atoms with Crippen LogP contribution < -0.4 is 15.4 Å². The normalized spacial score (nSPS) is 30.2.